The summed E-state index contributed by atoms with van der Waals surface area (Å²) < 4.78 is 6.03. The molecule has 0 saturated heterocycles. The molecule has 0 radical (unpaired) electrons. The topological polar surface area (TPSA) is 54.2 Å². The zero-order valence-electron chi connectivity index (χ0n) is 16.9. The third-order valence-corrected chi connectivity index (χ3v) is 5.11. The highest BCUT2D eigenvalue weighted by Gasteiger charge is 2.15. The van der Waals surface area contributed by atoms with Gasteiger partial charge in [-0.3, -0.25) is 0 Å². The van der Waals surface area contributed by atoms with Gasteiger partial charge in [-0.05, 0) is 70.2 Å². The molecule has 0 bridgehead atoms. The standard InChI is InChI=1S/C23H26N4O/c1-15-10-11-18-21(16(15)2)25-23(26-22(18)24-12-7-13-27(3)4)20-14-17-8-5-6-9-19(17)28-20/h5-6,8-11,14H,7,12-13H2,1-4H3,(H,24,25,26). The summed E-state index contributed by atoms with van der Waals surface area (Å²) in [4.78, 5) is 11.9. The highest BCUT2D eigenvalue weighted by molar-refractivity contribution is 5.93. The summed E-state index contributed by atoms with van der Waals surface area (Å²) in [6, 6.07) is 14.2. The fourth-order valence-corrected chi connectivity index (χ4v) is 3.37. The third kappa shape index (κ3) is 3.58. The molecule has 5 nitrogen and oxygen atoms in total. The number of hydrogen-bond donors (Lipinski definition) is 1. The van der Waals surface area contributed by atoms with Crippen molar-refractivity contribution in [3.05, 3.63) is 53.6 Å². The van der Waals surface area contributed by atoms with E-state index in [1.165, 1.54) is 11.1 Å². The molecule has 0 atom stereocenters. The lowest BCUT2D eigenvalue weighted by molar-refractivity contribution is 0.405. The van der Waals surface area contributed by atoms with Crippen molar-refractivity contribution in [2.24, 2.45) is 0 Å². The van der Waals surface area contributed by atoms with Gasteiger partial charge in [0.25, 0.3) is 0 Å². The Labute approximate surface area is 165 Å². The number of nitrogens with zero attached hydrogens (tertiary/aromatic N) is 3. The van der Waals surface area contributed by atoms with E-state index in [4.69, 9.17) is 14.4 Å². The normalized spacial score (nSPS) is 11.6. The van der Waals surface area contributed by atoms with Gasteiger partial charge in [-0.25, -0.2) is 9.97 Å². The Kier molecular flexibility index (Phi) is 5.01. The van der Waals surface area contributed by atoms with Gasteiger partial charge in [-0.1, -0.05) is 24.3 Å². The lowest BCUT2D eigenvalue weighted by Gasteiger charge is -2.14. The van der Waals surface area contributed by atoms with Crippen molar-refractivity contribution in [3.63, 3.8) is 0 Å². The number of para-hydroxylation sites is 1. The van der Waals surface area contributed by atoms with E-state index in [1.54, 1.807) is 0 Å². The molecule has 0 aliphatic rings. The Morgan fingerprint density at radius 2 is 1.86 bits per heavy atom. The lowest BCUT2D eigenvalue weighted by Crippen LogP contribution is -2.17. The van der Waals surface area contributed by atoms with Gasteiger partial charge >= 0.3 is 0 Å². The summed E-state index contributed by atoms with van der Waals surface area (Å²) in [5.41, 5.74) is 4.22. The maximum atomic E-state index is 6.03. The Hall–Kier alpha value is -2.92. The van der Waals surface area contributed by atoms with Crippen LogP contribution in [0.25, 0.3) is 33.5 Å². The predicted octanol–water partition coefficient (Wildman–Crippen LogP) is 5.02. The molecule has 28 heavy (non-hydrogen) atoms. The van der Waals surface area contributed by atoms with Gasteiger partial charge in [0.15, 0.2) is 11.6 Å². The van der Waals surface area contributed by atoms with Gasteiger partial charge < -0.3 is 14.6 Å². The number of nitrogens with one attached hydrogen (secondary N) is 1. The predicted molar refractivity (Wildman–Crippen MR) is 116 cm³/mol. The van der Waals surface area contributed by atoms with Gasteiger partial charge in [0.2, 0.25) is 0 Å². The van der Waals surface area contributed by atoms with Gasteiger partial charge in [-0.2, -0.15) is 0 Å². The van der Waals surface area contributed by atoms with Crippen LogP contribution in [-0.2, 0) is 0 Å². The van der Waals surface area contributed by atoms with Crippen molar-refractivity contribution in [1.29, 1.82) is 0 Å². The number of rotatable bonds is 6. The summed E-state index contributed by atoms with van der Waals surface area (Å²) in [6.07, 6.45) is 1.04. The molecule has 2 heterocycles. The molecule has 0 fully saturated rings. The average Bonchev–Trinajstić information content (AvgIpc) is 3.12. The minimum atomic E-state index is 0.618. The molecule has 0 aliphatic heterocycles. The second-order valence-electron chi connectivity index (χ2n) is 7.53. The zero-order valence-corrected chi connectivity index (χ0v) is 16.9. The van der Waals surface area contributed by atoms with Gasteiger partial charge in [0.1, 0.15) is 11.4 Å². The van der Waals surface area contributed by atoms with Crippen molar-refractivity contribution in [3.8, 4) is 11.6 Å². The highest BCUT2D eigenvalue weighted by atomic mass is 16.3. The van der Waals surface area contributed by atoms with Crippen molar-refractivity contribution in [2.45, 2.75) is 20.3 Å². The number of aromatic nitrogens is 2. The molecule has 0 aliphatic carbocycles. The number of hydrogen-bond acceptors (Lipinski definition) is 5. The van der Waals surface area contributed by atoms with Crippen molar-refractivity contribution in [2.75, 3.05) is 32.5 Å². The number of furan rings is 1. The first-order valence-electron chi connectivity index (χ1n) is 9.68. The Morgan fingerprint density at radius 3 is 2.64 bits per heavy atom. The zero-order chi connectivity index (χ0) is 19.7. The van der Waals surface area contributed by atoms with E-state index in [2.05, 4.69) is 50.3 Å². The number of benzene rings is 2. The molecule has 0 saturated carbocycles. The number of anilines is 1. The van der Waals surface area contributed by atoms with E-state index < -0.39 is 0 Å². The Bertz CT molecular complexity index is 1100. The van der Waals surface area contributed by atoms with Crippen LogP contribution < -0.4 is 5.32 Å². The molecule has 4 rings (SSSR count). The van der Waals surface area contributed by atoms with E-state index in [0.717, 1.165) is 47.2 Å². The van der Waals surface area contributed by atoms with Crippen molar-refractivity contribution >= 4 is 27.7 Å². The van der Waals surface area contributed by atoms with Crippen LogP contribution in [0.3, 0.4) is 0 Å². The summed E-state index contributed by atoms with van der Waals surface area (Å²) >= 11 is 0. The second-order valence-corrected chi connectivity index (χ2v) is 7.53. The van der Waals surface area contributed by atoms with Crippen molar-refractivity contribution in [1.82, 2.24) is 14.9 Å². The van der Waals surface area contributed by atoms with E-state index in [-0.39, 0.29) is 0 Å². The van der Waals surface area contributed by atoms with E-state index >= 15 is 0 Å². The van der Waals surface area contributed by atoms with E-state index in [0.29, 0.717) is 11.6 Å². The van der Waals surface area contributed by atoms with Crippen LogP contribution in [-0.4, -0.2) is 42.1 Å². The van der Waals surface area contributed by atoms with Gasteiger partial charge in [0.05, 0.1) is 5.52 Å². The van der Waals surface area contributed by atoms with Crippen LogP contribution in [0.15, 0.2) is 46.9 Å². The molecular weight excluding hydrogens is 348 g/mol. The molecule has 2 aromatic carbocycles. The Morgan fingerprint density at radius 1 is 1.04 bits per heavy atom. The Balaban J connectivity index is 1.78. The van der Waals surface area contributed by atoms with Crippen LogP contribution >= 0.6 is 0 Å². The average molecular weight is 374 g/mol. The summed E-state index contributed by atoms with van der Waals surface area (Å²) in [7, 11) is 4.18. The fourth-order valence-electron chi connectivity index (χ4n) is 3.37. The monoisotopic (exact) mass is 374 g/mol. The number of aryl methyl sites for hydroxylation is 2. The maximum absolute atomic E-state index is 6.03. The first kappa shape index (κ1) is 18.4. The first-order chi connectivity index (χ1) is 13.5. The smallest absolute Gasteiger partial charge is 0.198 e. The van der Waals surface area contributed by atoms with Gasteiger partial charge in [0, 0.05) is 17.3 Å². The van der Waals surface area contributed by atoms with Crippen LogP contribution in [0.5, 0.6) is 0 Å². The molecule has 2 aromatic heterocycles. The fraction of sp³-hybridized carbons (Fsp3) is 0.304. The van der Waals surface area contributed by atoms with Crippen LogP contribution in [0.2, 0.25) is 0 Å². The molecular formula is C23H26N4O. The minimum absolute atomic E-state index is 0.618. The van der Waals surface area contributed by atoms with Crippen LogP contribution in [0.1, 0.15) is 17.5 Å². The van der Waals surface area contributed by atoms with Gasteiger partial charge in [-0.15, -0.1) is 0 Å². The molecule has 0 unspecified atom stereocenters. The van der Waals surface area contributed by atoms with Crippen LogP contribution in [0, 0.1) is 13.8 Å². The quantitative estimate of drug-likeness (QED) is 0.480. The SMILES string of the molecule is Cc1ccc2c(NCCCN(C)C)nc(-c3cc4ccccc4o3)nc2c1C. The summed E-state index contributed by atoms with van der Waals surface area (Å²) in [6.45, 7) is 6.12. The molecule has 0 spiro atoms. The summed E-state index contributed by atoms with van der Waals surface area (Å²) in [5.74, 6) is 2.18. The number of fused-ring (bicyclic) bond motifs is 2. The van der Waals surface area contributed by atoms with Crippen molar-refractivity contribution < 1.29 is 4.42 Å². The molecule has 0 amide bonds. The first-order valence-corrected chi connectivity index (χ1v) is 9.68. The highest BCUT2D eigenvalue weighted by Crippen LogP contribution is 2.31. The second kappa shape index (κ2) is 7.60. The minimum Gasteiger partial charge on any atom is -0.453 e. The van der Waals surface area contributed by atoms with E-state index in [9.17, 15) is 0 Å². The third-order valence-electron chi connectivity index (χ3n) is 5.11. The lowest BCUT2D eigenvalue weighted by atomic mass is 10.1. The molecule has 144 valence electrons. The summed E-state index contributed by atoms with van der Waals surface area (Å²) in [5, 5.41) is 5.62. The molecule has 5 heteroatoms. The maximum Gasteiger partial charge on any atom is 0.198 e. The largest absolute Gasteiger partial charge is 0.453 e. The van der Waals surface area contributed by atoms with Crippen LogP contribution in [0.4, 0.5) is 5.82 Å². The molecule has 1 N–H and O–H groups in total. The van der Waals surface area contributed by atoms with E-state index in [1.807, 2.05) is 30.3 Å². The molecule has 4 aromatic rings.